The van der Waals surface area contributed by atoms with Crippen LogP contribution in [0.15, 0.2) is 21.5 Å². The number of esters is 1. The fourth-order valence-electron chi connectivity index (χ4n) is 4.29. The summed E-state index contributed by atoms with van der Waals surface area (Å²) in [7, 11) is -3.82. The zero-order valence-electron chi connectivity index (χ0n) is 18.4. The monoisotopic (exact) mass is 528 g/mol. The second-order valence-corrected chi connectivity index (χ2v) is 11.1. The molecule has 0 spiro atoms. The third-order valence-corrected chi connectivity index (χ3v) is 8.09. The molecule has 32 heavy (non-hydrogen) atoms. The summed E-state index contributed by atoms with van der Waals surface area (Å²) in [6.07, 6.45) is 2.03. The average Bonchev–Trinajstić information content (AvgIpc) is 3.20. The highest BCUT2D eigenvalue weighted by molar-refractivity contribution is 9.10. The molecule has 3 rings (SSSR count). The number of fused-ring (bicyclic) bond motifs is 1. The van der Waals surface area contributed by atoms with Gasteiger partial charge in [-0.2, -0.15) is 0 Å². The first-order chi connectivity index (χ1) is 15.2. The number of amides is 2. The lowest BCUT2D eigenvalue weighted by Gasteiger charge is -2.31. The molecule has 0 saturated carbocycles. The molecule has 0 bridgehead atoms. The van der Waals surface area contributed by atoms with E-state index in [1.54, 1.807) is 18.7 Å². The van der Waals surface area contributed by atoms with Gasteiger partial charge in [-0.25, -0.2) is 8.42 Å². The van der Waals surface area contributed by atoms with E-state index in [9.17, 15) is 22.8 Å². The van der Waals surface area contributed by atoms with Crippen molar-refractivity contribution in [1.82, 2.24) is 4.90 Å². The minimum absolute atomic E-state index is 0.0806. The molecule has 0 N–H and O–H groups in total. The van der Waals surface area contributed by atoms with E-state index >= 15 is 0 Å². The van der Waals surface area contributed by atoms with Crippen LogP contribution in [0.4, 0.5) is 5.69 Å². The van der Waals surface area contributed by atoms with Crippen molar-refractivity contribution in [3.05, 3.63) is 22.2 Å². The molecule has 2 heterocycles. The Morgan fingerprint density at radius 2 is 1.91 bits per heavy atom. The number of carbonyl (C=O) groups excluding carboxylic acids is 3. The molecule has 1 aromatic carbocycles. The van der Waals surface area contributed by atoms with Crippen molar-refractivity contribution < 1.29 is 27.5 Å². The van der Waals surface area contributed by atoms with E-state index in [2.05, 4.69) is 15.9 Å². The summed E-state index contributed by atoms with van der Waals surface area (Å²) in [5.74, 6) is -1.47. The lowest BCUT2D eigenvalue weighted by molar-refractivity contribution is -0.151. The smallest absolute Gasteiger partial charge is 0.310 e. The highest BCUT2D eigenvalue weighted by Gasteiger charge is 2.33. The molecule has 1 saturated heterocycles. The van der Waals surface area contributed by atoms with Gasteiger partial charge >= 0.3 is 5.97 Å². The van der Waals surface area contributed by atoms with Crippen LogP contribution in [-0.2, 0) is 35.4 Å². The lowest BCUT2D eigenvalue weighted by Crippen LogP contribution is -2.43. The fourth-order valence-corrected chi connectivity index (χ4v) is 6.45. The van der Waals surface area contributed by atoms with Gasteiger partial charge in [-0.3, -0.25) is 14.4 Å². The molecular weight excluding hydrogens is 500 g/mol. The number of ether oxygens (including phenoxy) is 1. The molecule has 1 atom stereocenters. The van der Waals surface area contributed by atoms with Crippen molar-refractivity contribution in [3.8, 4) is 0 Å². The molecule has 176 valence electrons. The van der Waals surface area contributed by atoms with Gasteiger partial charge in [-0.05, 0) is 43.9 Å². The number of halogens is 1. The quantitative estimate of drug-likeness (QED) is 0.504. The maximum Gasteiger partial charge on any atom is 0.310 e. The molecule has 0 aliphatic carbocycles. The number of piperidine rings is 1. The van der Waals surface area contributed by atoms with E-state index in [-0.39, 0.29) is 60.3 Å². The molecule has 1 aromatic rings. The van der Waals surface area contributed by atoms with E-state index in [4.69, 9.17) is 4.74 Å². The number of benzene rings is 1. The van der Waals surface area contributed by atoms with Gasteiger partial charge in [0.05, 0.1) is 28.9 Å². The summed E-state index contributed by atoms with van der Waals surface area (Å²) in [6, 6.07) is 3.35. The number of rotatable bonds is 7. The van der Waals surface area contributed by atoms with Crippen molar-refractivity contribution in [1.29, 1.82) is 0 Å². The van der Waals surface area contributed by atoms with Gasteiger partial charge in [-0.1, -0.05) is 22.9 Å². The average molecular weight is 529 g/mol. The van der Waals surface area contributed by atoms with Gasteiger partial charge in [0.25, 0.3) is 0 Å². The molecular formula is C22H29BrN2O6S. The normalized spacial score (nSPS) is 18.4. The number of carbonyl (C=O) groups is 3. The molecule has 1 fully saturated rings. The van der Waals surface area contributed by atoms with Crippen LogP contribution in [0.25, 0.3) is 0 Å². The molecule has 2 aliphatic rings. The molecule has 10 heteroatoms. The standard InChI is InChI=1S/C22H29BrN2O6S/c1-3-19(26)25-10-7-15-12-17(23)13-18(21(15)25)32(29,30)11-8-20(27)24-9-5-6-16(14-24)22(28)31-4-2/h12-13,16H,3-11,14H2,1-2H3. The molecule has 0 radical (unpaired) electrons. The van der Waals surface area contributed by atoms with Crippen molar-refractivity contribution in [2.24, 2.45) is 5.92 Å². The van der Waals surface area contributed by atoms with Crippen LogP contribution in [0, 0.1) is 5.92 Å². The topological polar surface area (TPSA) is 101 Å². The summed E-state index contributed by atoms with van der Waals surface area (Å²) in [5, 5.41) is 0. The van der Waals surface area contributed by atoms with Crippen LogP contribution in [-0.4, -0.2) is 63.1 Å². The number of sulfone groups is 1. The molecule has 2 amide bonds. The Bertz CT molecular complexity index is 1010. The number of anilines is 1. The summed E-state index contributed by atoms with van der Waals surface area (Å²) in [6.45, 7) is 4.97. The minimum Gasteiger partial charge on any atom is -0.466 e. The molecule has 0 aromatic heterocycles. The maximum atomic E-state index is 13.2. The van der Waals surface area contributed by atoms with Gasteiger partial charge in [0.1, 0.15) is 0 Å². The lowest BCUT2D eigenvalue weighted by atomic mass is 9.98. The van der Waals surface area contributed by atoms with Gasteiger partial charge in [-0.15, -0.1) is 0 Å². The summed E-state index contributed by atoms with van der Waals surface area (Å²) >= 11 is 3.37. The zero-order valence-corrected chi connectivity index (χ0v) is 20.8. The van der Waals surface area contributed by atoms with Crippen molar-refractivity contribution in [3.63, 3.8) is 0 Å². The first-order valence-electron chi connectivity index (χ1n) is 11.0. The van der Waals surface area contributed by atoms with Crippen LogP contribution in [0.2, 0.25) is 0 Å². The van der Waals surface area contributed by atoms with Crippen molar-refractivity contribution in [2.45, 2.75) is 50.8 Å². The van der Waals surface area contributed by atoms with Crippen LogP contribution < -0.4 is 4.90 Å². The maximum absolute atomic E-state index is 13.2. The van der Waals surface area contributed by atoms with E-state index in [1.165, 1.54) is 11.0 Å². The number of hydrogen-bond donors (Lipinski definition) is 0. The van der Waals surface area contributed by atoms with E-state index in [0.29, 0.717) is 42.5 Å². The number of hydrogen-bond acceptors (Lipinski definition) is 6. The molecule has 2 aliphatic heterocycles. The SMILES string of the molecule is CCOC(=O)C1CCCN(C(=O)CCS(=O)(=O)c2cc(Br)cc3c2N(C(=O)CC)CC3)C1. The predicted molar refractivity (Wildman–Crippen MR) is 123 cm³/mol. The minimum atomic E-state index is -3.82. The number of likely N-dealkylation sites (tertiary alicyclic amines) is 1. The molecule has 1 unspecified atom stereocenters. The predicted octanol–water partition coefficient (Wildman–Crippen LogP) is 2.71. The zero-order chi connectivity index (χ0) is 23.5. The van der Waals surface area contributed by atoms with E-state index in [1.807, 2.05) is 6.07 Å². The Labute approximate surface area is 197 Å². The highest BCUT2D eigenvalue weighted by atomic mass is 79.9. The van der Waals surface area contributed by atoms with E-state index in [0.717, 1.165) is 5.56 Å². The Morgan fingerprint density at radius 3 is 2.59 bits per heavy atom. The van der Waals surface area contributed by atoms with Crippen LogP contribution in [0.3, 0.4) is 0 Å². The van der Waals surface area contributed by atoms with Crippen LogP contribution in [0.1, 0.15) is 45.1 Å². The van der Waals surface area contributed by atoms with Gasteiger partial charge in [0.2, 0.25) is 11.8 Å². The van der Waals surface area contributed by atoms with Gasteiger partial charge < -0.3 is 14.5 Å². The second kappa shape index (κ2) is 10.3. The van der Waals surface area contributed by atoms with Crippen LogP contribution >= 0.6 is 15.9 Å². The third-order valence-electron chi connectivity index (χ3n) is 5.91. The highest BCUT2D eigenvalue weighted by Crippen LogP contribution is 2.38. The van der Waals surface area contributed by atoms with Crippen molar-refractivity contribution >= 4 is 49.2 Å². The van der Waals surface area contributed by atoms with Gasteiger partial charge in [0, 0.05) is 36.9 Å². The Kier molecular flexibility index (Phi) is 7.97. The van der Waals surface area contributed by atoms with Gasteiger partial charge in [0.15, 0.2) is 9.84 Å². The molecule has 8 nitrogen and oxygen atoms in total. The Morgan fingerprint density at radius 1 is 1.16 bits per heavy atom. The first-order valence-corrected chi connectivity index (χ1v) is 13.4. The van der Waals surface area contributed by atoms with E-state index < -0.39 is 9.84 Å². The number of nitrogens with zero attached hydrogens (tertiary/aromatic N) is 2. The largest absolute Gasteiger partial charge is 0.466 e. The summed E-state index contributed by atoms with van der Waals surface area (Å²) < 4.78 is 32.2. The van der Waals surface area contributed by atoms with Crippen molar-refractivity contribution in [2.75, 3.05) is 36.9 Å². The Balaban J connectivity index is 1.74. The third kappa shape index (κ3) is 5.33. The second-order valence-electron chi connectivity index (χ2n) is 8.06. The van der Waals surface area contributed by atoms with Crippen LogP contribution in [0.5, 0.6) is 0 Å². The summed E-state index contributed by atoms with van der Waals surface area (Å²) in [4.78, 5) is 40.3. The Hall–Kier alpha value is -1.94. The first kappa shape index (κ1) is 24.7. The summed E-state index contributed by atoms with van der Waals surface area (Å²) in [5.41, 5.74) is 1.24. The fraction of sp³-hybridized carbons (Fsp3) is 0.591.